The number of carboxylic acid groups (broad SMARTS) is 1. The molecule has 0 saturated heterocycles. The highest BCUT2D eigenvalue weighted by Gasteiger charge is 2.08. The molecule has 15 heavy (non-hydrogen) atoms. The minimum absolute atomic E-state index is 0.0364. The quantitative estimate of drug-likeness (QED) is 0.578. The number of Topliss-reactive ketones (excluding diaryl/α,β-unsaturated/α-hetero) is 1. The van der Waals surface area contributed by atoms with E-state index in [1.54, 1.807) is 0 Å². The largest absolute Gasteiger partial charge is 0.507 e. The van der Waals surface area contributed by atoms with Crippen molar-refractivity contribution in [3.8, 4) is 5.75 Å². The lowest BCUT2D eigenvalue weighted by Crippen LogP contribution is -1.98. The van der Waals surface area contributed by atoms with Gasteiger partial charge in [0.25, 0.3) is 0 Å². The van der Waals surface area contributed by atoms with Crippen molar-refractivity contribution in [2.24, 2.45) is 0 Å². The molecule has 0 bridgehead atoms. The van der Waals surface area contributed by atoms with Gasteiger partial charge in [0, 0.05) is 24.3 Å². The fourth-order valence-corrected chi connectivity index (χ4v) is 1.90. The number of carboxylic acids is 1. The van der Waals surface area contributed by atoms with Gasteiger partial charge in [-0.1, -0.05) is 0 Å². The molecule has 1 aromatic rings. The molecule has 1 heterocycles. The predicted molar refractivity (Wildman–Crippen MR) is 56.4 cm³/mol. The first-order valence-corrected chi connectivity index (χ1v) is 5.50. The number of hydrogen-bond acceptors (Lipinski definition) is 4. The van der Waals surface area contributed by atoms with Crippen LogP contribution in [0.2, 0.25) is 0 Å². The second kappa shape index (κ2) is 5.50. The normalized spacial score (nSPS) is 10.1. The highest BCUT2D eigenvalue weighted by molar-refractivity contribution is 7.12. The Labute approximate surface area is 91.2 Å². The van der Waals surface area contributed by atoms with E-state index in [4.69, 9.17) is 10.2 Å². The van der Waals surface area contributed by atoms with Crippen LogP contribution >= 0.6 is 11.3 Å². The van der Waals surface area contributed by atoms with E-state index in [1.807, 2.05) is 0 Å². The van der Waals surface area contributed by atoms with E-state index >= 15 is 0 Å². The van der Waals surface area contributed by atoms with E-state index in [9.17, 15) is 9.59 Å². The van der Waals surface area contributed by atoms with Crippen LogP contribution in [0.4, 0.5) is 0 Å². The van der Waals surface area contributed by atoms with Gasteiger partial charge < -0.3 is 10.2 Å². The van der Waals surface area contributed by atoms with Gasteiger partial charge >= 0.3 is 5.97 Å². The van der Waals surface area contributed by atoms with Gasteiger partial charge in [-0.05, 0) is 12.8 Å². The van der Waals surface area contributed by atoms with Crippen molar-refractivity contribution in [1.29, 1.82) is 0 Å². The Morgan fingerprint density at radius 3 is 2.47 bits per heavy atom. The van der Waals surface area contributed by atoms with E-state index in [0.717, 1.165) is 0 Å². The van der Waals surface area contributed by atoms with Gasteiger partial charge in [-0.15, -0.1) is 11.3 Å². The van der Waals surface area contributed by atoms with Gasteiger partial charge in [0.1, 0.15) is 5.75 Å². The second-order valence-corrected chi connectivity index (χ2v) is 4.10. The molecule has 0 radical (unpaired) electrons. The molecule has 0 aromatic carbocycles. The van der Waals surface area contributed by atoms with Crippen molar-refractivity contribution in [3.05, 3.63) is 16.3 Å². The number of hydrogen-bond donors (Lipinski definition) is 2. The molecule has 2 N–H and O–H groups in total. The number of ketones is 1. The maximum absolute atomic E-state index is 11.5. The van der Waals surface area contributed by atoms with E-state index in [-0.39, 0.29) is 18.0 Å². The molecule has 1 rings (SSSR count). The summed E-state index contributed by atoms with van der Waals surface area (Å²) in [5.41, 5.74) is 0. The number of thiophene rings is 1. The molecule has 4 nitrogen and oxygen atoms in total. The van der Waals surface area contributed by atoms with Crippen molar-refractivity contribution in [2.75, 3.05) is 0 Å². The average molecular weight is 228 g/mol. The third-order valence-electron chi connectivity index (χ3n) is 1.90. The lowest BCUT2D eigenvalue weighted by Gasteiger charge is -1.96. The van der Waals surface area contributed by atoms with Crippen LogP contribution in [-0.2, 0) is 4.79 Å². The fourth-order valence-electron chi connectivity index (χ4n) is 1.16. The van der Waals surface area contributed by atoms with Crippen molar-refractivity contribution >= 4 is 23.1 Å². The summed E-state index contributed by atoms with van der Waals surface area (Å²) in [6.45, 7) is 0. The Balaban J connectivity index is 2.28. The SMILES string of the molecule is O=C(O)CCCCC(=O)c1cc(O)cs1. The number of unbranched alkanes of at least 4 members (excludes halogenated alkanes) is 1. The predicted octanol–water partition coefficient (Wildman–Crippen LogP) is 2.28. The Bertz CT molecular complexity index is 356. The third-order valence-corrected chi connectivity index (χ3v) is 2.86. The molecule has 0 fully saturated rings. The van der Waals surface area contributed by atoms with Crippen molar-refractivity contribution in [1.82, 2.24) is 0 Å². The lowest BCUT2D eigenvalue weighted by atomic mass is 10.1. The van der Waals surface area contributed by atoms with Gasteiger partial charge in [-0.25, -0.2) is 0 Å². The molecule has 82 valence electrons. The first kappa shape index (κ1) is 11.7. The summed E-state index contributed by atoms with van der Waals surface area (Å²) in [7, 11) is 0. The molecule has 0 aliphatic heterocycles. The number of aliphatic carboxylic acids is 1. The summed E-state index contributed by atoms with van der Waals surface area (Å²) >= 11 is 1.21. The summed E-state index contributed by atoms with van der Waals surface area (Å²) in [6, 6.07) is 1.43. The summed E-state index contributed by atoms with van der Waals surface area (Å²) in [5, 5.41) is 18.9. The highest BCUT2D eigenvalue weighted by atomic mass is 32.1. The molecule has 0 aliphatic rings. The van der Waals surface area contributed by atoms with E-state index in [1.165, 1.54) is 22.8 Å². The van der Waals surface area contributed by atoms with Crippen LogP contribution in [0.1, 0.15) is 35.4 Å². The van der Waals surface area contributed by atoms with E-state index < -0.39 is 5.97 Å². The van der Waals surface area contributed by atoms with Crippen molar-refractivity contribution < 1.29 is 19.8 Å². The van der Waals surface area contributed by atoms with Crippen LogP contribution in [-0.4, -0.2) is 22.0 Å². The fraction of sp³-hybridized carbons (Fsp3) is 0.400. The van der Waals surface area contributed by atoms with Gasteiger partial charge in [0.2, 0.25) is 0 Å². The van der Waals surface area contributed by atoms with Gasteiger partial charge in [0.15, 0.2) is 5.78 Å². The number of rotatable bonds is 6. The Morgan fingerprint density at radius 2 is 1.93 bits per heavy atom. The standard InChI is InChI=1S/C10H12O4S/c11-7-5-9(15-6-7)8(12)3-1-2-4-10(13)14/h5-6,11H,1-4H2,(H,13,14). The van der Waals surface area contributed by atoms with E-state index in [2.05, 4.69) is 0 Å². The van der Waals surface area contributed by atoms with Crippen LogP contribution < -0.4 is 0 Å². The zero-order valence-corrected chi connectivity index (χ0v) is 8.92. The summed E-state index contributed by atoms with van der Waals surface area (Å²) < 4.78 is 0. The van der Waals surface area contributed by atoms with Crippen LogP contribution in [0.3, 0.4) is 0 Å². The Hall–Kier alpha value is -1.36. The number of aromatic hydroxyl groups is 1. The van der Waals surface area contributed by atoms with Crippen molar-refractivity contribution in [2.45, 2.75) is 25.7 Å². The van der Waals surface area contributed by atoms with Crippen LogP contribution in [0, 0.1) is 0 Å². The van der Waals surface area contributed by atoms with Gasteiger partial charge in [0.05, 0.1) is 4.88 Å². The Kier molecular flexibility index (Phi) is 4.30. The first-order chi connectivity index (χ1) is 7.09. The zero-order chi connectivity index (χ0) is 11.3. The molecule has 0 saturated carbocycles. The summed E-state index contributed by atoms with van der Waals surface area (Å²) in [6.07, 6.45) is 1.53. The third kappa shape index (κ3) is 4.12. The monoisotopic (exact) mass is 228 g/mol. The average Bonchev–Trinajstić information content (AvgIpc) is 2.59. The molecular weight excluding hydrogens is 216 g/mol. The summed E-state index contributed by atoms with van der Waals surface area (Å²) in [4.78, 5) is 22.2. The zero-order valence-electron chi connectivity index (χ0n) is 8.10. The summed E-state index contributed by atoms with van der Waals surface area (Å²) in [5.74, 6) is -0.768. The van der Waals surface area contributed by atoms with Crippen LogP contribution in [0.5, 0.6) is 5.75 Å². The molecule has 1 aromatic heterocycles. The topological polar surface area (TPSA) is 74.6 Å². The number of carbonyl (C=O) groups is 2. The lowest BCUT2D eigenvalue weighted by molar-refractivity contribution is -0.137. The van der Waals surface area contributed by atoms with Gasteiger partial charge in [-0.2, -0.15) is 0 Å². The van der Waals surface area contributed by atoms with Crippen LogP contribution in [0.15, 0.2) is 11.4 Å². The minimum atomic E-state index is -0.837. The Morgan fingerprint density at radius 1 is 1.27 bits per heavy atom. The molecule has 0 unspecified atom stereocenters. The molecular formula is C10H12O4S. The first-order valence-electron chi connectivity index (χ1n) is 4.62. The molecule has 0 amide bonds. The van der Waals surface area contributed by atoms with Crippen molar-refractivity contribution in [3.63, 3.8) is 0 Å². The number of carbonyl (C=O) groups excluding carboxylic acids is 1. The van der Waals surface area contributed by atoms with Crippen LogP contribution in [0.25, 0.3) is 0 Å². The molecule has 0 aliphatic carbocycles. The van der Waals surface area contributed by atoms with E-state index in [0.29, 0.717) is 24.1 Å². The molecule has 0 atom stereocenters. The smallest absolute Gasteiger partial charge is 0.303 e. The maximum Gasteiger partial charge on any atom is 0.303 e. The second-order valence-electron chi connectivity index (χ2n) is 3.19. The van der Waals surface area contributed by atoms with Gasteiger partial charge in [-0.3, -0.25) is 9.59 Å². The highest BCUT2D eigenvalue weighted by Crippen LogP contribution is 2.21. The minimum Gasteiger partial charge on any atom is -0.507 e. The molecule has 5 heteroatoms. The molecule has 0 spiro atoms. The maximum atomic E-state index is 11.5.